The lowest BCUT2D eigenvalue weighted by molar-refractivity contribution is -0.127. The Labute approximate surface area is 200 Å². The molecule has 1 amide bonds. The first-order valence-electron chi connectivity index (χ1n) is 11.7. The van der Waals surface area contributed by atoms with E-state index in [1.54, 1.807) is 18.7 Å². The largest absolute Gasteiger partial charge is 0.481 e. The van der Waals surface area contributed by atoms with E-state index in [2.05, 4.69) is 38.5 Å². The molecule has 1 saturated carbocycles. The zero-order chi connectivity index (χ0) is 23.0. The number of amides is 1. The number of benzene rings is 2. The van der Waals surface area contributed by atoms with Gasteiger partial charge in [0.1, 0.15) is 11.6 Å². The second-order valence-corrected chi connectivity index (χ2v) is 9.23. The van der Waals surface area contributed by atoms with E-state index in [4.69, 9.17) is 4.74 Å². The van der Waals surface area contributed by atoms with E-state index in [-0.39, 0.29) is 5.91 Å². The van der Waals surface area contributed by atoms with Gasteiger partial charge in [-0.25, -0.2) is 0 Å². The average Bonchev–Trinajstić information content (AvgIpc) is 3.52. The molecule has 1 atom stereocenters. The molecule has 2 aromatic carbocycles. The molecule has 174 valence electrons. The summed E-state index contributed by atoms with van der Waals surface area (Å²) in [5.74, 6) is 1.61. The van der Waals surface area contributed by atoms with Crippen LogP contribution >= 0.6 is 11.8 Å². The maximum atomic E-state index is 12.5. The molecular weight excluding hydrogens is 432 g/mol. The smallest absolute Gasteiger partial charge is 0.260 e. The number of carbonyl (C=O) groups excluding carboxylic acids is 1. The number of nitrogens with zero attached hydrogens (tertiary/aromatic N) is 3. The molecule has 0 spiro atoms. The van der Waals surface area contributed by atoms with Gasteiger partial charge in [0, 0.05) is 19.0 Å². The van der Waals surface area contributed by atoms with Gasteiger partial charge in [-0.15, -0.1) is 10.2 Å². The van der Waals surface area contributed by atoms with Gasteiger partial charge < -0.3 is 14.6 Å². The van der Waals surface area contributed by atoms with Gasteiger partial charge in [0.15, 0.2) is 11.3 Å². The number of hydrogen-bond donors (Lipinski definition) is 1. The Hall–Kier alpha value is -2.80. The summed E-state index contributed by atoms with van der Waals surface area (Å²) < 4.78 is 8.17. The number of aromatic nitrogens is 3. The van der Waals surface area contributed by atoms with Gasteiger partial charge in [-0.05, 0) is 55.7 Å². The molecule has 1 aliphatic rings. The topological polar surface area (TPSA) is 69.0 Å². The Balaban J connectivity index is 1.24. The number of aryl methyl sites for hydroxylation is 1. The zero-order valence-corrected chi connectivity index (χ0v) is 20.2. The van der Waals surface area contributed by atoms with Crippen LogP contribution in [0.3, 0.4) is 0 Å². The van der Waals surface area contributed by atoms with E-state index in [0.29, 0.717) is 18.3 Å². The summed E-state index contributed by atoms with van der Waals surface area (Å²) in [6.07, 6.45) is 8.09. The molecule has 33 heavy (non-hydrogen) atoms. The zero-order valence-electron chi connectivity index (χ0n) is 19.4. The highest BCUT2D eigenvalue weighted by atomic mass is 32.2. The highest BCUT2D eigenvalue weighted by Gasteiger charge is 2.23. The molecule has 0 radical (unpaired) electrons. The summed E-state index contributed by atoms with van der Waals surface area (Å²) >= 11 is 1.65. The number of hydrogen-bond acceptors (Lipinski definition) is 5. The molecule has 0 bridgehead atoms. The van der Waals surface area contributed by atoms with Crippen LogP contribution in [0.2, 0.25) is 0 Å². The van der Waals surface area contributed by atoms with E-state index >= 15 is 0 Å². The summed E-state index contributed by atoms with van der Waals surface area (Å²) in [5, 5.41) is 12.8. The van der Waals surface area contributed by atoms with Crippen LogP contribution in [0.25, 0.3) is 11.1 Å². The van der Waals surface area contributed by atoms with E-state index in [1.807, 2.05) is 42.5 Å². The Morgan fingerprint density at radius 3 is 2.48 bits per heavy atom. The molecule has 1 heterocycles. The lowest BCUT2D eigenvalue weighted by atomic mass is 10.1. The minimum atomic E-state index is -0.558. The van der Waals surface area contributed by atoms with Crippen molar-refractivity contribution in [3.05, 3.63) is 60.4 Å². The van der Waals surface area contributed by atoms with Crippen LogP contribution in [0.5, 0.6) is 5.75 Å². The molecule has 6 nitrogen and oxygen atoms in total. The number of ether oxygens (including phenoxy) is 1. The Bertz CT molecular complexity index is 1030. The van der Waals surface area contributed by atoms with E-state index < -0.39 is 6.10 Å². The standard InChI is InChI=1S/C26H32N4O2S/c1-19(32-23-16-14-21(15-17-23)20-9-4-3-5-10-20)25(31)27-18-8-13-24-28-29-26(33-2)30(24)22-11-6-7-12-22/h3-5,9-10,14-17,19,22H,6-8,11-13,18H2,1-2H3,(H,27,31)/t19-/m0/s1. The Morgan fingerprint density at radius 1 is 1.09 bits per heavy atom. The van der Waals surface area contributed by atoms with Crippen LogP contribution in [-0.4, -0.2) is 39.6 Å². The van der Waals surface area contributed by atoms with Gasteiger partial charge >= 0.3 is 0 Å². The normalized spacial score (nSPS) is 14.8. The highest BCUT2D eigenvalue weighted by molar-refractivity contribution is 7.98. The minimum absolute atomic E-state index is 0.107. The molecule has 0 aliphatic heterocycles. The van der Waals surface area contributed by atoms with Crippen LogP contribution in [0.4, 0.5) is 0 Å². The maximum Gasteiger partial charge on any atom is 0.260 e. The maximum absolute atomic E-state index is 12.5. The number of carbonyl (C=O) groups is 1. The monoisotopic (exact) mass is 464 g/mol. The third kappa shape index (κ3) is 5.96. The van der Waals surface area contributed by atoms with Gasteiger partial charge in [0.05, 0.1) is 0 Å². The predicted octanol–water partition coefficient (Wildman–Crippen LogP) is 5.30. The van der Waals surface area contributed by atoms with Gasteiger partial charge in [0.2, 0.25) is 0 Å². The van der Waals surface area contributed by atoms with Crippen molar-refractivity contribution < 1.29 is 9.53 Å². The third-order valence-electron chi connectivity index (χ3n) is 6.13. The van der Waals surface area contributed by atoms with E-state index in [0.717, 1.165) is 34.9 Å². The highest BCUT2D eigenvalue weighted by Crippen LogP contribution is 2.33. The predicted molar refractivity (Wildman–Crippen MR) is 133 cm³/mol. The van der Waals surface area contributed by atoms with E-state index in [9.17, 15) is 4.79 Å². The fourth-order valence-electron chi connectivity index (χ4n) is 4.36. The quantitative estimate of drug-likeness (QED) is 0.326. The van der Waals surface area contributed by atoms with Crippen LogP contribution < -0.4 is 10.1 Å². The van der Waals surface area contributed by atoms with Gasteiger partial charge in [-0.2, -0.15) is 0 Å². The van der Waals surface area contributed by atoms with Gasteiger partial charge in [-0.1, -0.05) is 67.1 Å². The van der Waals surface area contributed by atoms with Crippen molar-refractivity contribution in [3.63, 3.8) is 0 Å². The van der Waals surface area contributed by atoms with Crippen LogP contribution in [-0.2, 0) is 11.2 Å². The molecule has 1 aliphatic carbocycles. The Kier molecular flexibility index (Phi) is 8.05. The molecule has 3 aromatic rings. The van der Waals surface area contributed by atoms with Gasteiger partial charge in [-0.3, -0.25) is 4.79 Å². The first kappa shape index (κ1) is 23.4. The first-order chi connectivity index (χ1) is 16.2. The fourth-order valence-corrected chi connectivity index (χ4v) is 4.94. The molecule has 7 heteroatoms. The summed E-state index contributed by atoms with van der Waals surface area (Å²) in [6.45, 7) is 2.37. The lowest BCUT2D eigenvalue weighted by Gasteiger charge is -2.17. The summed E-state index contributed by atoms with van der Waals surface area (Å²) in [5.41, 5.74) is 2.28. The van der Waals surface area contributed by atoms with Crippen LogP contribution in [0, 0.1) is 0 Å². The molecule has 0 unspecified atom stereocenters. The molecule has 0 saturated heterocycles. The summed E-state index contributed by atoms with van der Waals surface area (Å²) in [6, 6.07) is 18.6. The second kappa shape index (κ2) is 11.4. The SMILES string of the molecule is CSc1nnc(CCCNC(=O)[C@H](C)Oc2ccc(-c3ccccc3)cc2)n1C1CCCC1. The van der Waals surface area contributed by atoms with Crippen molar-refractivity contribution in [2.24, 2.45) is 0 Å². The number of nitrogens with one attached hydrogen (secondary N) is 1. The Morgan fingerprint density at radius 2 is 1.79 bits per heavy atom. The molecule has 1 fully saturated rings. The van der Waals surface area contributed by atoms with Crippen molar-refractivity contribution in [1.29, 1.82) is 0 Å². The van der Waals surface area contributed by atoms with Crippen molar-refractivity contribution in [2.45, 2.75) is 62.8 Å². The van der Waals surface area contributed by atoms with Crippen molar-refractivity contribution >= 4 is 17.7 Å². The second-order valence-electron chi connectivity index (χ2n) is 8.46. The van der Waals surface area contributed by atoms with Crippen molar-refractivity contribution in [1.82, 2.24) is 20.1 Å². The molecule has 1 N–H and O–H groups in total. The van der Waals surface area contributed by atoms with Crippen molar-refractivity contribution in [3.8, 4) is 16.9 Å². The number of rotatable bonds is 10. The fraction of sp³-hybridized carbons (Fsp3) is 0.423. The number of thioether (sulfide) groups is 1. The minimum Gasteiger partial charge on any atom is -0.481 e. The lowest BCUT2D eigenvalue weighted by Crippen LogP contribution is -2.37. The van der Waals surface area contributed by atoms with E-state index in [1.165, 1.54) is 25.7 Å². The molecule has 1 aromatic heterocycles. The first-order valence-corrected chi connectivity index (χ1v) is 13.0. The van der Waals surface area contributed by atoms with Crippen LogP contribution in [0.15, 0.2) is 59.8 Å². The third-order valence-corrected chi connectivity index (χ3v) is 6.77. The molecular formula is C26H32N4O2S. The van der Waals surface area contributed by atoms with Crippen LogP contribution in [0.1, 0.15) is 50.9 Å². The molecule has 4 rings (SSSR count). The van der Waals surface area contributed by atoms with Crippen molar-refractivity contribution in [2.75, 3.05) is 12.8 Å². The summed E-state index contributed by atoms with van der Waals surface area (Å²) in [7, 11) is 0. The average molecular weight is 465 g/mol. The summed E-state index contributed by atoms with van der Waals surface area (Å²) in [4.78, 5) is 12.5. The van der Waals surface area contributed by atoms with Gasteiger partial charge in [0.25, 0.3) is 5.91 Å².